The van der Waals surface area contributed by atoms with Gasteiger partial charge in [0, 0.05) is 26.1 Å². The van der Waals surface area contributed by atoms with E-state index in [-0.39, 0.29) is 18.3 Å². The summed E-state index contributed by atoms with van der Waals surface area (Å²) < 4.78 is 17.5. The van der Waals surface area contributed by atoms with Crippen molar-refractivity contribution in [1.82, 2.24) is 0 Å². The predicted molar refractivity (Wildman–Crippen MR) is 74.8 cm³/mol. The monoisotopic (exact) mass is 278 g/mol. The fraction of sp³-hybridized carbons (Fsp3) is 0.625. The molecule has 2 saturated heterocycles. The molecule has 1 N–H and O–H groups in total. The molecule has 1 atom stereocenters. The van der Waals surface area contributed by atoms with Gasteiger partial charge in [-0.2, -0.15) is 0 Å². The topological polar surface area (TPSA) is 47.9 Å². The second kappa shape index (κ2) is 6.12. The highest BCUT2D eigenvalue weighted by atomic mass is 16.5. The van der Waals surface area contributed by atoms with Gasteiger partial charge in [-0.05, 0) is 30.5 Å². The van der Waals surface area contributed by atoms with Gasteiger partial charge in [-0.25, -0.2) is 0 Å². The molecule has 3 rings (SSSR count). The Morgan fingerprint density at radius 3 is 2.60 bits per heavy atom. The second-order valence-electron chi connectivity index (χ2n) is 5.68. The summed E-state index contributed by atoms with van der Waals surface area (Å²) in [5.41, 5.74) is 0.872. The van der Waals surface area contributed by atoms with Crippen LogP contribution in [0.25, 0.3) is 0 Å². The highest BCUT2D eigenvalue weighted by molar-refractivity contribution is 5.27. The van der Waals surface area contributed by atoms with Crippen molar-refractivity contribution in [1.29, 1.82) is 0 Å². The number of benzene rings is 1. The van der Waals surface area contributed by atoms with E-state index < -0.39 is 0 Å². The Bertz CT molecular complexity index is 417. The van der Waals surface area contributed by atoms with E-state index in [1.165, 1.54) is 0 Å². The second-order valence-corrected chi connectivity index (χ2v) is 5.68. The van der Waals surface area contributed by atoms with E-state index in [9.17, 15) is 0 Å². The largest absolute Gasteiger partial charge is 0.490 e. The van der Waals surface area contributed by atoms with Crippen LogP contribution in [-0.4, -0.2) is 36.6 Å². The van der Waals surface area contributed by atoms with E-state index in [4.69, 9.17) is 19.3 Å². The van der Waals surface area contributed by atoms with Gasteiger partial charge in [-0.1, -0.05) is 12.1 Å². The summed E-state index contributed by atoms with van der Waals surface area (Å²) in [5, 5.41) is 9.05. The molecule has 2 aliphatic rings. The minimum absolute atomic E-state index is 0.0355. The zero-order chi connectivity index (χ0) is 13.8. The third-order valence-corrected chi connectivity index (χ3v) is 4.26. The summed E-state index contributed by atoms with van der Waals surface area (Å²) >= 11 is 0. The van der Waals surface area contributed by atoms with Gasteiger partial charge in [0.1, 0.15) is 11.9 Å². The third-order valence-electron chi connectivity index (χ3n) is 4.26. The highest BCUT2D eigenvalue weighted by Gasteiger charge is 2.39. The number of aliphatic hydroxyl groups excluding tert-OH is 1. The summed E-state index contributed by atoms with van der Waals surface area (Å²) in [5.74, 6) is 0.872. The molecule has 1 spiro atoms. The van der Waals surface area contributed by atoms with Crippen LogP contribution in [0.1, 0.15) is 31.2 Å². The average Bonchev–Trinajstić information content (AvgIpc) is 2.49. The first-order valence-corrected chi connectivity index (χ1v) is 7.38. The van der Waals surface area contributed by atoms with Crippen LogP contribution in [0.15, 0.2) is 24.3 Å². The molecule has 0 radical (unpaired) electrons. The van der Waals surface area contributed by atoms with Crippen LogP contribution in [0.4, 0.5) is 0 Å². The minimum Gasteiger partial charge on any atom is -0.490 e. The number of aliphatic hydroxyl groups is 1. The fourth-order valence-corrected chi connectivity index (χ4v) is 3.04. The zero-order valence-electron chi connectivity index (χ0n) is 11.7. The van der Waals surface area contributed by atoms with Crippen molar-refractivity contribution < 1.29 is 19.3 Å². The molecule has 2 fully saturated rings. The van der Waals surface area contributed by atoms with E-state index in [1.54, 1.807) is 0 Å². The van der Waals surface area contributed by atoms with Crippen LogP contribution in [0.2, 0.25) is 0 Å². The van der Waals surface area contributed by atoms with Gasteiger partial charge in [0.15, 0.2) is 0 Å². The SMILES string of the molecule is OCc1ccc(OC2CCOC3(CCOCC3)C2)cc1. The van der Waals surface area contributed by atoms with Gasteiger partial charge >= 0.3 is 0 Å². The smallest absolute Gasteiger partial charge is 0.119 e. The summed E-state index contributed by atoms with van der Waals surface area (Å²) in [4.78, 5) is 0. The van der Waals surface area contributed by atoms with Gasteiger partial charge < -0.3 is 19.3 Å². The summed E-state index contributed by atoms with van der Waals surface area (Å²) in [6, 6.07) is 7.66. The Labute approximate surface area is 119 Å². The molecular formula is C16H22O4. The number of hydrogen-bond donors (Lipinski definition) is 1. The molecule has 0 aromatic heterocycles. The maximum atomic E-state index is 9.05. The zero-order valence-corrected chi connectivity index (χ0v) is 11.7. The van der Waals surface area contributed by atoms with Gasteiger partial charge in [0.25, 0.3) is 0 Å². The lowest BCUT2D eigenvalue weighted by molar-refractivity contribution is -0.155. The van der Waals surface area contributed by atoms with Crippen molar-refractivity contribution in [3.05, 3.63) is 29.8 Å². The molecule has 0 amide bonds. The van der Waals surface area contributed by atoms with E-state index in [1.807, 2.05) is 24.3 Å². The molecule has 20 heavy (non-hydrogen) atoms. The lowest BCUT2D eigenvalue weighted by atomic mass is 9.85. The van der Waals surface area contributed by atoms with Crippen molar-refractivity contribution >= 4 is 0 Å². The summed E-state index contributed by atoms with van der Waals surface area (Å²) in [6.07, 6.45) is 4.02. The standard InChI is InChI=1S/C16H22O4/c17-12-13-1-3-14(4-2-13)20-15-5-8-19-16(11-15)6-9-18-10-7-16/h1-4,15,17H,5-12H2. The Hall–Kier alpha value is -1.10. The van der Waals surface area contributed by atoms with Gasteiger partial charge in [-0.15, -0.1) is 0 Å². The quantitative estimate of drug-likeness (QED) is 0.921. The average molecular weight is 278 g/mol. The molecule has 0 bridgehead atoms. The summed E-state index contributed by atoms with van der Waals surface area (Å²) in [6.45, 7) is 2.41. The van der Waals surface area contributed by atoms with Crippen LogP contribution >= 0.6 is 0 Å². The first kappa shape index (κ1) is 13.9. The molecule has 1 aromatic carbocycles. The third kappa shape index (κ3) is 3.14. The van der Waals surface area contributed by atoms with E-state index >= 15 is 0 Å². The number of hydrogen-bond acceptors (Lipinski definition) is 4. The molecule has 1 aromatic rings. The first-order chi connectivity index (χ1) is 9.80. The molecule has 4 heteroatoms. The Kier molecular flexibility index (Phi) is 4.24. The van der Waals surface area contributed by atoms with Crippen molar-refractivity contribution in [3.63, 3.8) is 0 Å². The molecule has 4 nitrogen and oxygen atoms in total. The van der Waals surface area contributed by atoms with E-state index in [2.05, 4.69) is 0 Å². The molecular weight excluding hydrogens is 256 g/mol. The van der Waals surface area contributed by atoms with Gasteiger partial charge in [-0.3, -0.25) is 0 Å². The number of ether oxygens (including phenoxy) is 3. The predicted octanol–water partition coefficient (Wildman–Crippen LogP) is 2.29. The lowest BCUT2D eigenvalue weighted by Crippen LogP contribution is -2.47. The van der Waals surface area contributed by atoms with Crippen LogP contribution in [0.3, 0.4) is 0 Å². The lowest BCUT2D eigenvalue weighted by Gasteiger charge is -2.43. The Balaban J connectivity index is 1.61. The van der Waals surface area contributed by atoms with Gasteiger partial charge in [0.05, 0.1) is 18.8 Å². The van der Waals surface area contributed by atoms with E-state index in [0.717, 1.165) is 56.8 Å². The maximum absolute atomic E-state index is 9.05. The van der Waals surface area contributed by atoms with Crippen LogP contribution < -0.4 is 4.74 Å². The Morgan fingerprint density at radius 2 is 1.90 bits per heavy atom. The minimum atomic E-state index is -0.0355. The van der Waals surface area contributed by atoms with Crippen LogP contribution in [0, 0.1) is 0 Å². The molecule has 1 unspecified atom stereocenters. The summed E-state index contributed by atoms with van der Waals surface area (Å²) in [7, 11) is 0. The van der Waals surface area contributed by atoms with Crippen molar-refractivity contribution in [3.8, 4) is 5.75 Å². The normalized spacial score (nSPS) is 25.6. The van der Waals surface area contributed by atoms with Crippen molar-refractivity contribution in [2.75, 3.05) is 19.8 Å². The molecule has 2 aliphatic heterocycles. The fourth-order valence-electron chi connectivity index (χ4n) is 3.04. The molecule has 110 valence electrons. The Morgan fingerprint density at radius 1 is 1.15 bits per heavy atom. The van der Waals surface area contributed by atoms with Crippen molar-refractivity contribution in [2.24, 2.45) is 0 Å². The van der Waals surface area contributed by atoms with E-state index in [0.29, 0.717) is 0 Å². The van der Waals surface area contributed by atoms with Crippen LogP contribution in [-0.2, 0) is 16.1 Å². The van der Waals surface area contributed by atoms with Crippen LogP contribution in [0.5, 0.6) is 5.75 Å². The molecule has 0 saturated carbocycles. The maximum Gasteiger partial charge on any atom is 0.119 e. The first-order valence-electron chi connectivity index (χ1n) is 7.38. The molecule has 0 aliphatic carbocycles. The highest BCUT2D eigenvalue weighted by Crippen LogP contribution is 2.35. The van der Waals surface area contributed by atoms with Crippen molar-refractivity contribution in [2.45, 2.75) is 44.0 Å². The molecule has 2 heterocycles. The number of rotatable bonds is 3. The van der Waals surface area contributed by atoms with Gasteiger partial charge in [0.2, 0.25) is 0 Å².